The zero-order valence-electron chi connectivity index (χ0n) is 19.2. The number of ether oxygens (including phenoxy) is 3. The van der Waals surface area contributed by atoms with Gasteiger partial charge in [-0.25, -0.2) is 0 Å². The Hall–Kier alpha value is -1.63. The molecule has 174 valence electrons. The Kier molecular flexibility index (Phi) is 5.43. The molecule has 4 atom stereocenters. The van der Waals surface area contributed by atoms with Gasteiger partial charge in [-0.2, -0.15) is 0 Å². The number of carbonyl (C=O) groups excluding carboxylic acids is 3. The topological polar surface area (TPSA) is 99.1 Å². The van der Waals surface area contributed by atoms with E-state index in [0.29, 0.717) is 24.7 Å². The molecular formula is C24H36O7. The van der Waals surface area contributed by atoms with Crippen molar-refractivity contribution in [1.82, 2.24) is 0 Å². The summed E-state index contributed by atoms with van der Waals surface area (Å²) in [5, 5.41) is 11.0. The molecule has 5 aliphatic rings. The third-order valence-corrected chi connectivity index (χ3v) is 8.04. The van der Waals surface area contributed by atoms with Gasteiger partial charge in [0, 0.05) is 6.42 Å². The van der Waals surface area contributed by atoms with Crippen LogP contribution in [0.1, 0.15) is 85.5 Å². The van der Waals surface area contributed by atoms with Crippen molar-refractivity contribution in [2.45, 2.75) is 103 Å². The Morgan fingerprint density at radius 2 is 1.77 bits per heavy atom. The van der Waals surface area contributed by atoms with E-state index in [1.165, 1.54) is 0 Å². The minimum atomic E-state index is -0.922. The van der Waals surface area contributed by atoms with E-state index in [4.69, 9.17) is 14.2 Å². The van der Waals surface area contributed by atoms with Gasteiger partial charge in [-0.15, -0.1) is 0 Å². The van der Waals surface area contributed by atoms with Crippen molar-refractivity contribution in [1.29, 1.82) is 0 Å². The van der Waals surface area contributed by atoms with Gasteiger partial charge in [0.05, 0.1) is 22.9 Å². The fraction of sp³-hybridized carbons (Fsp3) is 0.875. The van der Waals surface area contributed by atoms with Gasteiger partial charge in [0.25, 0.3) is 0 Å². The number of cyclic esters (lactones) is 1. The fourth-order valence-electron chi connectivity index (χ4n) is 6.84. The zero-order valence-corrected chi connectivity index (χ0v) is 19.2. The van der Waals surface area contributed by atoms with Gasteiger partial charge in [0.1, 0.15) is 18.3 Å². The van der Waals surface area contributed by atoms with E-state index in [1.807, 2.05) is 13.8 Å². The highest BCUT2D eigenvalue weighted by Gasteiger charge is 2.60. The lowest BCUT2D eigenvalue weighted by molar-refractivity contribution is -0.227. The first kappa shape index (κ1) is 22.6. The molecule has 4 aliphatic carbocycles. The zero-order chi connectivity index (χ0) is 22.7. The second-order valence-corrected chi connectivity index (χ2v) is 11.6. The van der Waals surface area contributed by atoms with Crippen LogP contribution in [0.25, 0.3) is 0 Å². The molecule has 7 heteroatoms. The summed E-state index contributed by atoms with van der Waals surface area (Å²) in [6, 6.07) is 0. The summed E-state index contributed by atoms with van der Waals surface area (Å²) < 4.78 is 16.6. The molecule has 4 unspecified atom stereocenters. The Morgan fingerprint density at radius 3 is 2.29 bits per heavy atom. The normalized spacial score (nSPS) is 38.5. The molecule has 0 amide bonds. The number of aliphatic hydroxyl groups is 1. The van der Waals surface area contributed by atoms with Crippen molar-refractivity contribution in [2.75, 3.05) is 6.61 Å². The smallest absolute Gasteiger partial charge is 0.312 e. The molecule has 7 nitrogen and oxygen atoms in total. The Labute approximate surface area is 184 Å². The van der Waals surface area contributed by atoms with E-state index < -0.39 is 34.1 Å². The summed E-state index contributed by atoms with van der Waals surface area (Å²) in [5.41, 5.74) is -3.04. The highest BCUT2D eigenvalue weighted by molar-refractivity contribution is 5.81. The van der Waals surface area contributed by atoms with Crippen LogP contribution in [0.5, 0.6) is 0 Å². The average molecular weight is 437 g/mol. The second kappa shape index (κ2) is 7.46. The lowest BCUT2D eigenvalue weighted by Crippen LogP contribution is -2.61. The standard InChI is InChI=1S/C24H36O7/c1-5-22(4,13-21(2,3)19(26)30-17-7-18(25)29-12-17)20(27)31-24-10-15-6-16(11-24)9-23(28,8-15)14-24/h15-17,28H,5-14H2,1-4H3. The van der Waals surface area contributed by atoms with Crippen molar-refractivity contribution in [3.05, 3.63) is 0 Å². The molecule has 4 saturated carbocycles. The van der Waals surface area contributed by atoms with Gasteiger partial charge < -0.3 is 19.3 Å². The lowest BCUT2D eigenvalue weighted by atomic mass is 9.52. The SMILES string of the molecule is CCC(C)(CC(C)(C)C(=O)OC1COC(=O)C1)C(=O)OC12CC3CC(CC(O)(C3)C1)C2. The summed E-state index contributed by atoms with van der Waals surface area (Å²) >= 11 is 0. The van der Waals surface area contributed by atoms with Gasteiger partial charge >= 0.3 is 17.9 Å². The van der Waals surface area contributed by atoms with E-state index in [0.717, 1.165) is 32.1 Å². The number of hydrogen-bond donors (Lipinski definition) is 1. The van der Waals surface area contributed by atoms with Crippen LogP contribution in [0.3, 0.4) is 0 Å². The minimum absolute atomic E-state index is 0.0721. The van der Waals surface area contributed by atoms with Crippen molar-refractivity contribution < 1.29 is 33.7 Å². The van der Waals surface area contributed by atoms with Gasteiger partial charge in [0.15, 0.2) is 0 Å². The molecule has 0 aromatic rings. The van der Waals surface area contributed by atoms with Crippen LogP contribution in [0.15, 0.2) is 0 Å². The quantitative estimate of drug-likeness (QED) is 0.483. The lowest BCUT2D eigenvalue weighted by Gasteiger charge is -2.59. The van der Waals surface area contributed by atoms with Crippen molar-refractivity contribution in [3.63, 3.8) is 0 Å². The van der Waals surface area contributed by atoms with Gasteiger partial charge in [-0.1, -0.05) is 6.92 Å². The summed E-state index contributed by atoms with van der Waals surface area (Å²) in [5.74, 6) is -0.243. The Bertz CT molecular complexity index is 758. The van der Waals surface area contributed by atoms with Crippen LogP contribution >= 0.6 is 0 Å². The van der Waals surface area contributed by atoms with Crippen LogP contribution < -0.4 is 0 Å². The molecule has 1 N–H and O–H groups in total. The fourth-order valence-corrected chi connectivity index (χ4v) is 6.84. The molecule has 1 heterocycles. The molecule has 5 fully saturated rings. The Balaban J connectivity index is 1.43. The Morgan fingerprint density at radius 1 is 1.13 bits per heavy atom. The van der Waals surface area contributed by atoms with Crippen molar-refractivity contribution in [3.8, 4) is 0 Å². The number of hydrogen-bond acceptors (Lipinski definition) is 7. The molecule has 1 aliphatic heterocycles. The van der Waals surface area contributed by atoms with E-state index >= 15 is 0 Å². The first-order valence-corrected chi connectivity index (χ1v) is 11.7. The monoisotopic (exact) mass is 436 g/mol. The highest BCUT2D eigenvalue weighted by atomic mass is 16.6. The average Bonchev–Trinajstić information content (AvgIpc) is 3.03. The third-order valence-electron chi connectivity index (χ3n) is 8.04. The number of carbonyl (C=O) groups is 3. The first-order chi connectivity index (χ1) is 14.4. The molecule has 4 bridgehead atoms. The van der Waals surface area contributed by atoms with Gasteiger partial charge in [0.2, 0.25) is 0 Å². The molecule has 0 radical (unpaired) electrons. The summed E-state index contributed by atoms with van der Waals surface area (Å²) in [4.78, 5) is 37.6. The third kappa shape index (κ3) is 4.35. The molecular weight excluding hydrogens is 400 g/mol. The number of esters is 3. The maximum atomic E-state index is 13.5. The van der Waals surface area contributed by atoms with Crippen LogP contribution in [0.2, 0.25) is 0 Å². The minimum Gasteiger partial charge on any atom is -0.462 e. The van der Waals surface area contributed by atoms with Crippen LogP contribution in [0.4, 0.5) is 0 Å². The molecule has 1 saturated heterocycles. The van der Waals surface area contributed by atoms with Crippen LogP contribution in [0, 0.1) is 22.7 Å². The highest BCUT2D eigenvalue weighted by Crippen LogP contribution is 2.59. The largest absolute Gasteiger partial charge is 0.462 e. The summed E-state index contributed by atoms with van der Waals surface area (Å²) in [7, 11) is 0. The van der Waals surface area contributed by atoms with Crippen LogP contribution in [-0.4, -0.2) is 46.9 Å². The van der Waals surface area contributed by atoms with Crippen molar-refractivity contribution in [2.24, 2.45) is 22.7 Å². The maximum absolute atomic E-state index is 13.5. The predicted molar refractivity (Wildman–Crippen MR) is 111 cm³/mol. The molecule has 0 aromatic heterocycles. The van der Waals surface area contributed by atoms with Crippen molar-refractivity contribution >= 4 is 17.9 Å². The van der Waals surface area contributed by atoms with Gasteiger partial charge in [-0.05, 0) is 77.6 Å². The molecule has 5 rings (SSSR count). The maximum Gasteiger partial charge on any atom is 0.312 e. The van der Waals surface area contributed by atoms with E-state index in [2.05, 4.69) is 0 Å². The first-order valence-electron chi connectivity index (χ1n) is 11.7. The van der Waals surface area contributed by atoms with E-state index in [-0.39, 0.29) is 31.4 Å². The molecule has 0 spiro atoms. The summed E-state index contributed by atoms with van der Waals surface area (Å²) in [6.45, 7) is 7.39. The second-order valence-electron chi connectivity index (χ2n) is 11.6. The van der Waals surface area contributed by atoms with Crippen LogP contribution in [-0.2, 0) is 28.6 Å². The van der Waals surface area contributed by atoms with E-state index in [1.54, 1.807) is 13.8 Å². The van der Waals surface area contributed by atoms with E-state index in [9.17, 15) is 19.5 Å². The number of rotatable bonds is 7. The molecule has 31 heavy (non-hydrogen) atoms. The summed E-state index contributed by atoms with van der Waals surface area (Å²) in [6.07, 6.45) is 5.27. The molecule has 0 aromatic carbocycles. The van der Waals surface area contributed by atoms with Gasteiger partial charge in [-0.3, -0.25) is 14.4 Å². The predicted octanol–water partition coefficient (Wildman–Crippen LogP) is 3.30.